The minimum atomic E-state index is -0.160. The fraction of sp³-hybridized carbons (Fsp3) is 0.500. The van der Waals surface area contributed by atoms with Crippen molar-refractivity contribution in [3.05, 3.63) is 57.2 Å². The van der Waals surface area contributed by atoms with Gasteiger partial charge >= 0.3 is 0 Å². The Morgan fingerprint density at radius 1 is 1.13 bits per heavy atom. The fourth-order valence-electron chi connectivity index (χ4n) is 5.93. The maximum absolute atomic E-state index is 13.8. The number of oxazole rings is 1. The molecule has 3 aromatic heterocycles. The van der Waals surface area contributed by atoms with Crippen molar-refractivity contribution in [2.75, 3.05) is 32.8 Å². The zero-order valence-electron chi connectivity index (χ0n) is 22.4. The summed E-state index contributed by atoms with van der Waals surface area (Å²) in [6.07, 6.45) is 3.33. The monoisotopic (exact) mass is 518 g/mol. The topological polar surface area (TPSA) is 109 Å². The van der Waals surface area contributed by atoms with E-state index in [0.717, 1.165) is 52.8 Å². The van der Waals surface area contributed by atoms with Crippen LogP contribution in [0.4, 0.5) is 0 Å². The number of hydrogen-bond donors (Lipinski definition) is 1. The first-order chi connectivity index (χ1) is 18.3. The number of aromatic nitrogens is 4. The molecule has 38 heavy (non-hydrogen) atoms. The number of rotatable bonds is 4. The Hall–Kier alpha value is -3.50. The van der Waals surface area contributed by atoms with Crippen LogP contribution >= 0.6 is 0 Å². The predicted octanol–water partition coefficient (Wildman–Crippen LogP) is 3.49. The first-order valence-corrected chi connectivity index (χ1v) is 13.4. The van der Waals surface area contributed by atoms with Crippen molar-refractivity contribution in [1.82, 2.24) is 29.5 Å². The largest absolute Gasteiger partial charge is 0.446 e. The van der Waals surface area contributed by atoms with Crippen molar-refractivity contribution in [2.24, 2.45) is 0 Å². The summed E-state index contributed by atoms with van der Waals surface area (Å²) in [5.74, 6) is 1.55. The molecule has 2 aliphatic heterocycles. The van der Waals surface area contributed by atoms with Crippen LogP contribution in [0.15, 0.2) is 27.5 Å². The van der Waals surface area contributed by atoms with E-state index in [-0.39, 0.29) is 23.6 Å². The number of piperazine rings is 1. The lowest BCUT2D eigenvalue weighted by Crippen LogP contribution is -2.53. The van der Waals surface area contributed by atoms with Gasteiger partial charge in [-0.15, -0.1) is 0 Å². The van der Waals surface area contributed by atoms with Crippen molar-refractivity contribution < 1.29 is 13.9 Å². The molecule has 10 heteroatoms. The number of nitrogens with one attached hydrogen (secondary N) is 1. The van der Waals surface area contributed by atoms with Crippen LogP contribution < -0.4 is 5.56 Å². The molecule has 200 valence electrons. The third kappa shape index (κ3) is 4.31. The number of amides is 1. The summed E-state index contributed by atoms with van der Waals surface area (Å²) < 4.78 is 13.1. The van der Waals surface area contributed by atoms with E-state index in [1.807, 2.05) is 42.5 Å². The van der Waals surface area contributed by atoms with E-state index in [1.54, 1.807) is 6.20 Å². The molecule has 5 heterocycles. The summed E-state index contributed by atoms with van der Waals surface area (Å²) >= 11 is 0. The fourth-order valence-corrected chi connectivity index (χ4v) is 5.93. The number of ether oxygens (including phenoxy) is 1. The molecular formula is C28H34N6O4. The van der Waals surface area contributed by atoms with Crippen molar-refractivity contribution in [2.45, 2.75) is 59.2 Å². The van der Waals surface area contributed by atoms with E-state index in [1.165, 1.54) is 0 Å². The molecule has 2 aliphatic rings. The summed E-state index contributed by atoms with van der Waals surface area (Å²) in [6.45, 7) is 12.0. The molecular weight excluding hydrogens is 484 g/mol. The molecule has 2 fully saturated rings. The third-order valence-corrected chi connectivity index (χ3v) is 8.08. The van der Waals surface area contributed by atoms with Crippen molar-refractivity contribution in [3.63, 3.8) is 0 Å². The molecule has 1 N–H and O–H groups in total. The van der Waals surface area contributed by atoms with E-state index >= 15 is 0 Å². The average Bonchev–Trinajstić information content (AvgIpc) is 3.48. The third-order valence-electron chi connectivity index (χ3n) is 8.08. The van der Waals surface area contributed by atoms with Gasteiger partial charge in [0.1, 0.15) is 5.76 Å². The standard InChI is InChI=1S/C28H34N6O4/c1-16-11-24-22(26-23(27(35)31-24)13-29-34(26)20-5-9-37-10-6-20)12-21(16)28(36)33-8-7-32(17(2)14-33)15-25-18(3)38-19(4)30-25/h11-13,17,20H,5-10,14-15H2,1-4H3,(H,31,35)/t17-/m0/s1. The van der Waals surface area contributed by atoms with E-state index < -0.39 is 0 Å². The Morgan fingerprint density at radius 2 is 1.92 bits per heavy atom. The van der Waals surface area contributed by atoms with Crippen LogP contribution in [0.1, 0.15) is 59.1 Å². The number of nitrogens with zero attached hydrogens (tertiary/aromatic N) is 5. The summed E-state index contributed by atoms with van der Waals surface area (Å²) in [5, 5.41) is 6.00. The number of benzene rings is 1. The summed E-state index contributed by atoms with van der Waals surface area (Å²) in [6, 6.07) is 4.21. The van der Waals surface area contributed by atoms with Gasteiger partial charge in [-0.2, -0.15) is 5.10 Å². The Bertz CT molecular complexity index is 1580. The highest BCUT2D eigenvalue weighted by atomic mass is 16.5. The van der Waals surface area contributed by atoms with Gasteiger partial charge in [0.25, 0.3) is 11.5 Å². The first kappa shape index (κ1) is 24.8. The lowest BCUT2D eigenvalue weighted by Gasteiger charge is -2.39. The van der Waals surface area contributed by atoms with E-state index in [9.17, 15) is 9.59 Å². The van der Waals surface area contributed by atoms with Crippen LogP contribution in [0.25, 0.3) is 21.8 Å². The average molecular weight is 519 g/mol. The smallest absolute Gasteiger partial charge is 0.259 e. The van der Waals surface area contributed by atoms with Crippen LogP contribution in [0.5, 0.6) is 0 Å². The van der Waals surface area contributed by atoms with Crippen LogP contribution in [-0.2, 0) is 11.3 Å². The first-order valence-electron chi connectivity index (χ1n) is 13.4. The second kappa shape index (κ2) is 9.67. The Morgan fingerprint density at radius 3 is 2.63 bits per heavy atom. The van der Waals surface area contributed by atoms with Gasteiger partial charge < -0.3 is 19.0 Å². The number of carbonyl (C=O) groups is 1. The van der Waals surface area contributed by atoms with Crippen LogP contribution in [0.3, 0.4) is 0 Å². The summed E-state index contributed by atoms with van der Waals surface area (Å²) in [4.78, 5) is 38.5. The maximum atomic E-state index is 13.8. The maximum Gasteiger partial charge on any atom is 0.259 e. The molecule has 10 nitrogen and oxygen atoms in total. The SMILES string of the molecule is Cc1nc(CN2CCN(C(=O)c3cc4c(cc3C)[nH]c(=O)c3cnn(C5CCOCC5)c34)C[C@@H]2C)c(C)o1. The van der Waals surface area contributed by atoms with E-state index in [4.69, 9.17) is 9.15 Å². The number of pyridine rings is 1. The minimum absolute atomic E-state index is 0.0147. The molecule has 4 aromatic rings. The zero-order valence-corrected chi connectivity index (χ0v) is 22.4. The highest BCUT2D eigenvalue weighted by Crippen LogP contribution is 2.30. The van der Waals surface area contributed by atoms with Gasteiger partial charge in [-0.3, -0.25) is 19.2 Å². The number of fused-ring (bicyclic) bond motifs is 3. The van der Waals surface area contributed by atoms with Crippen molar-refractivity contribution in [1.29, 1.82) is 0 Å². The Kier molecular flexibility index (Phi) is 6.31. The number of H-pyrrole nitrogens is 1. The molecule has 6 rings (SSSR count). The number of aryl methyl sites for hydroxylation is 3. The van der Waals surface area contributed by atoms with Crippen molar-refractivity contribution >= 4 is 27.7 Å². The molecule has 2 saturated heterocycles. The van der Waals surface area contributed by atoms with Crippen LogP contribution in [0.2, 0.25) is 0 Å². The Balaban J connectivity index is 1.31. The van der Waals surface area contributed by atoms with E-state index in [0.29, 0.717) is 49.7 Å². The zero-order chi connectivity index (χ0) is 26.6. The molecule has 0 radical (unpaired) electrons. The van der Waals surface area contributed by atoms with E-state index in [2.05, 4.69) is 26.9 Å². The van der Waals surface area contributed by atoms with Crippen LogP contribution in [0, 0.1) is 20.8 Å². The van der Waals surface area contributed by atoms with Crippen LogP contribution in [-0.4, -0.2) is 74.3 Å². The second-order valence-corrected chi connectivity index (χ2v) is 10.7. The summed E-state index contributed by atoms with van der Waals surface area (Å²) in [5.41, 5.74) is 3.82. The molecule has 0 aliphatic carbocycles. The van der Waals surface area contributed by atoms with Gasteiger partial charge in [0.05, 0.1) is 34.4 Å². The summed E-state index contributed by atoms with van der Waals surface area (Å²) in [7, 11) is 0. The second-order valence-electron chi connectivity index (χ2n) is 10.7. The van der Waals surface area contributed by atoms with Gasteiger partial charge in [0, 0.05) is 63.3 Å². The normalized spacial score (nSPS) is 19.6. The highest BCUT2D eigenvalue weighted by molar-refractivity contribution is 6.07. The van der Waals surface area contributed by atoms with Gasteiger partial charge in [-0.1, -0.05) is 0 Å². The lowest BCUT2D eigenvalue weighted by molar-refractivity contribution is 0.0491. The van der Waals surface area contributed by atoms with Gasteiger partial charge in [0.2, 0.25) is 0 Å². The molecule has 1 aromatic carbocycles. The molecule has 1 amide bonds. The quantitative estimate of drug-likeness (QED) is 0.440. The molecule has 0 bridgehead atoms. The molecule has 0 saturated carbocycles. The lowest BCUT2D eigenvalue weighted by atomic mass is 10.0. The Labute approximate surface area is 220 Å². The number of aromatic amines is 1. The van der Waals surface area contributed by atoms with Gasteiger partial charge in [-0.05, 0) is 51.3 Å². The highest BCUT2D eigenvalue weighted by Gasteiger charge is 2.30. The molecule has 0 spiro atoms. The molecule has 1 atom stereocenters. The number of carbonyl (C=O) groups excluding carboxylic acids is 1. The van der Waals surface area contributed by atoms with Gasteiger partial charge in [0.15, 0.2) is 5.89 Å². The predicted molar refractivity (Wildman–Crippen MR) is 143 cm³/mol. The minimum Gasteiger partial charge on any atom is -0.446 e. The van der Waals surface area contributed by atoms with Gasteiger partial charge in [-0.25, -0.2) is 4.98 Å². The number of hydrogen-bond acceptors (Lipinski definition) is 7. The molecule has 0 unspecified atom stereocenters. The van der Waals surface area contributed by atoms with Crippen molar-refractivity contribution in [3.8, 4) is 0 Å².